The van der Waals surface area contributed by atoms with Crippen molar-refractivity contribution in [3.63, 3.8) is 0 Å². The van der Waals surface area contributed by atoms with Crippen molar-refractivity contribution in [1.82, 2.24) is 40.1 Å². The molecule has 3 aromatic rings. The maximum atomic E-state index is 11.8. The van der Waals surface area contributed by atoms with Crippen LogP contribution in [0.4, 0.5) is 21.9 Å². The number of Topliss-reactive ketones (excluding diaryl/α,β-unsaturated/α-hetero) is 1. The Bertz CT molecular complexity index is 2080. The molecule has 5 heterocycles. The van der Waals surface area contributed by atoms with Gasteiger partial charge in [0.2, 0.25) is 5.91 Å². The van der Waals surface area contributed by atoms with Crippen molar-refractivity contribution in [2.24, 2.45) is 28.5 Å². The Morgan fingerprint density at radius 1 is 0.685 bits per heavy atom. The molecule has 2 saturated heterocycles. The molecule has 6 N–H and O–H groups in total. The lowest BCUT2D eigenvalue weighted by Gasteiger charge is -2.38. The van der Waals surface area contributed by atoms with Crippen molar-refractivity contribution in [2.75, 3.05) is 42.8 Å². The van der Waals surface area contributed by atoms with E-state index in [9.17, 15) is 24.0 Å². The van der Waals surface area contributed by atoms with E-state index in [1.807, 2.05) is 56.4 Å². The summed E-state index contributed by atoms with van der Waals surface area (Å²) >= 11 is 0. The Labute approximate surface area is 437 Å². The molecule has 5 rings (SSSR count). The van der Waals surface area contributed by atoms with E-state index in [-0.39, 0.29) is 55.2 Å². The molecule has 2 aliphatic heterocycles. The number of esters is 2. The van der Waals surface area contributed by atoms with Crippen molar-refractivity contribution in [3.05, 3.63) is 49.3 Å². The van der Waals surface area contributed by atoms with E-state index in [2.05, 4.69) is 115 Å². The molecular formula is C53H96N12O8. The van der Waals surface area contributed by atoms with E-state index in [0.29, 0.717) is 49.3 Å². The highest BCUT2D eigenvalue weighted by molar-refractivity contribution is 5.88. The van der Waals surface area contributed by atoms with E-state index in [4.69, 9.17) is 21.1 Å². The zero-order chi connectivity index (χ0) is 54.1. The number of aromatic nitrogens is 6. The molecule has 20 heteroatoms. The number of alkyl carbamates (subject to hydrolysis) is 1. The molecule has 0 aliphatic carbocycles. The van der Waals surface area contributed by atoms with Crippen molar-refractivity contribution < 1.29 is 38.2 Å². The van der Waals surface area contributed by atoms with Crippen LogP contribution in [-0.2, 0) is 53.0 Å². The van der Waals surface area contributed by atoms with Gasteiger partial charge in [-0.2, -0.15) is 15.3 Å². The van der Waals surface area contributed by atoms with Crippen LogP contribution >= 0.6 is 0 Å². The lowest BCUT2D eigenvalue weighted by Crippen LogP contribution is -2.48. The van der Waals surface area contributed by atoms with Gasteiger partial charge in [-0.25, -0.2) is 15.4 Å². The fourth-order valence-electron chi connectivity index (χ4n) is 7.84. The number of anilines is 3. The van der Waals surface area contributed by atoms with Gasteiger partial charge in [0.05, 0.1) is 73.8 Å². The largest absolute Gasteiger partial charge is 0.469 e. The molecule has 416 valence electrons. The minimum Gasteiger partial charge on any atom is -0.469 e. The molecule has 3 aromatic heterocycles. The van der Waals surface area contributed by atoms with Gasteiger partial charge in [0, 0.05) is 68.8 Å². The minimum atomic E-state index is -0.504. The van der Waals surface area contributed by atoms with Crippen LogP contribution in [0.15, 0.2) is 49.3 Å². The number of piperidine rings is 2. The first-order chi connectivity index (χ1) is 32.7. The van der Waals surface area contributed by atoms with Crippen LogP contribution in [0.2, 0.25) is 0 Å². The van der Waals surface area contributed by atoms with Crippen molar-refractivity contribution in [1.29, 1.82) is 0 Å². The first-order valence-electron chi connectivity index (χ1n) is 24.5. The second kappa shape index (κ2) is 29.7. The Morgan fingerprint density at radius 2 is 1.14 bits per heavy atom. The molecule has 0 radical (unpaired) electrons. The number of rotatable bonds is 13. The average molecular weight is 1030 g/mol. The van der Waals surface area contributed by atoms with Crippen molar-refractivity contribution >= 4 is 46.8 Å². The number of methoxy groups -OCH3 is 2. The molecule has 0 bridgehead atoms. The molecule has 4 unspecified atom stereocenters. The molecule has 2 fully saturated rings. The first-order valence-corrected chi connectivity index (χ1v) is 24.5. The van der Waals surface area contributed by atoms with E-state index in [0.717, 1.165) is 56.7 Å². The fourth-order valence-corrected chi connectivity index (χ4v) is 7.84. The number of carbonyl (C=O) groups excluding carboxylic acids is 5. The summed E-state index contributed by atoms with van der Waals surface area (Å²) in [5.74, 6) is 4.62. The lowest BCUT2D eigenvalue weighted by atomic mass is 9.92. The monoisotopic (exact) mass is 1030 g/mol. The summed E-state index contributed by atoms with van der Waals surface area (Å²) in [6, 6.07) is 0.845. The Morgan fingerprint density at radius 3 is 1.53 bits per heavy atom. The molecule has 2 aliphatic rings. The number of hydrogen-bond donors (Lipinski definition) is 4. The lowest BCUT2D eigenvalue weighted by molar-refractivity contribution is -0.145. The number of nitrogen functional groups attached to an aromatic ring is 1. The average Bonchev–Trinajstić information content (AvgIpc) is 4.02. The van der Waals surface area contributed by atoms with E-state index in [1.165, 1.54) is 21.1 Å². The highest BCUT2D eigenvalue weighted by Crippen LogP contribution is 2.30. The summed E-state index contributed by atoms with van der Waals surface area (Å²) in [6.07, 6.45) is 15.3. The molecule has 0 saturated carbocycles. The van der Waals surface area contributed by atoms with Crippen LogP contribution in [0.1, 0.15) is 150 Å². The maximum absolute atomic E-state index is 11.8. The molecular weight excluding hydrogens is 933 g/mol. The summed E-state index contributed by atoms with van der Waals surface area (Å²) in [6.45, 7) is 35.5. The quantitative estimate of drug-likeness (QED) is 0.0314. The van der Waals surface area contributed by atoms with Gasteiger partial charge in [-0.05, 0) is 98.3 Å². The van der Waals surface area contributed by atoms with E-state index >= 15 is 0 Å². The molecule has 73 heavy (non-hydrogen) atoms. The van der Waals surface area contributed by atoms with Gasteiger partial charge in [0.15, 0.2) is 0 Å². The molecule has 0 spiro atoms. The number of nitrogens with two attached hydrogens (primary N) is 2. The summed E-state index contributed by atoms with van der Waals surface area (Å²) in [7, 11) is 2.76. The van der Waals surface area contributed by atoms with Crippen LogP contribution in [0.5, 0.6) is 0 Å². The van der Waals surface area contributed by atoms with Crippen molar-refractivity contribution in [3.8, 4) is 0 Å². The van der Waals surface area contributed by atoms with Gasteiger partial charge >= 0.3 is 18.0 Å². The molecule has 20 nitrogen and oxygen atoms in total. The topological polar surface area (TPSA) is 249 Å². The second-order valence-electron chi connectivity index (χ2n) is 22.8. The van der Waals surface area contributed by atoms with Gasteiger partial charge in [0.25, 0.3) is 0 Å². The van der Waals surface area contributed by atoms with Gasteiger partial charge in [0.1, 0.15) is 11.4 Å². The van der Waals surface area contributed by atoms with Gasteiger partial charge in [-0.3, -0.25) is 29.1 Å². The Balaban J connectivity index is 0.000000961. The number of ketones is 1. The number of carbonyl (C=O) groups is 5. The number of hydrogen-bond acceptors (Lipinski definition) is 15. The van der Waals surface area contributed by atoms with Crippen LogP contribution in [-0.4, -0.2) is 110 Å². The summed E-state index contributed by atoms with van der Waals surface area (Å²) in [4.78, 5) is 60.9. The Kier molecular flexibility index (Phi) is 27.3. The second-order valence-corrected chi connectivity index (χ2v) is 22.8. The standard InChI is InChI=1S/C16H27N3O2.C15H27N5O.C12H22N4O2.C8H12O3.2CH4/c1-12-6-7-13(15(20)21-5)9-19(12)14-8-17-18(10-14)11-16(2,3)4;1-11-5-6-12(14(21)18-16)8-20(11)13-7-17-19(9-13)10-15(2,3)4;1-11(2,3)18-10(17)15-12(4,5)8-16-7-9(13)6-14-16;1-6(8(10)11-3)4-5-7(2)9;;/h8,10,12-13H,6-7,9,11H2,1-5H3;7,9,11-12H,5-6,8,10,16H2,1-4H3,(H,18,21);6-7H,8,13H2,1-5H3,(H,15,17);1,4-5H2,2-3H3;2*1H4. The third kappa shape index (κ3) is 25.5. The van der Waals surface area contributed by atoms with Crippen LogP contribution < -0.4 is 32.1 Å². The summed E-state index contributed by atoms with van der Waals surface area (Å²) in [5.41, 5.74) is 10.4. The zero-order valence-electron chi connectivity index (χ0n) is 45.8. The third-order valence-electron chi connectivity index (χ3n) is 11.3. The smallest absolute Gasteiger partial charge is 0.408 e. The number of nitrogens with zero attached hydrogens (tertiary/aromatic N) is 8. The van der Waals surface area contributed by atoms with Gasteiger partial charge in [-0.1, -0.05) is 63.0 Å². The number of hydrazine groups is 1. The van der Waals surface area contributed by atoms with E-state index < -0.39 is 23.2 Å². The molecule has 4 atom stereocenters. The van der Waals surface area contributed by atoms with Crippen LogP contribution in [0.25, 0.3) is 0 Å². The molecule has 0 aromatic carbocycles. The third-order valence-corrected chi connectivity index (χ3v) is 11.3. The first kappa shape index (κ1) is 67.1. The van der Waals surface area contributed by atoms with Gasteiger partial charge < -0.3 is 39.9 Å². The highest BCUT2D eigenvalue weighted by Gasteiger charge is 2.33. The number of nitrogens with one attached hydrogen (secondary N) is 2. The zero-order valence-corrected chi connectivity index (χ0v) is 45.8. The normalized spacial score (nSPS) is 17.7. The van der Waals surface area contributed by atoms with Crippen molar-refractivity contribution in [2.45, 2.75) is 193 Å². The van der Waals surface area contributed by atoms with E-state index in [1.54, 1.807) is 17.1 Å². The fraction of sp³-hybridized carbons (Fsp3) is 0.698. The summed E-state index contributed by atoms with van der Waals surface area (Å²) in [5, 5.41) is 15.8. The Hall–Kier alpha value is -5.92. The molecule has 2 amide bonds. The van der Waals surface area contributed by atoms with Crippen LogP contribution in [0, 0.1) is 22.7 Å². The number of ether oxygens (including phenoxy) is 3. The summed E-state index contributed by atoms with van der Waals surface area (Å²) < 4.78 is 20.2. The highest BCUT2D eigenvalue weighted by atomic mass is 16.6. The van der Waals surface area contributed by atoms with Gasteiger partial charge in [-0.15, -0.1) is 0 Å². The number of amides is 2. The maximum Gasteiger partial charge on any atom is 0.408 e. The minimum absolute atomic E-state index is 0. The predicted molar refractivity (Wildman–Crippen MR) is 291 cm³/mol. The van der Waals surface area contributed by atoms with Crippen LogP contribution in [0.3, 0.4) is 0 Å². The SMILES string of the molecule is C.C.C=C(CCC(C)=O)C(=O)OC.CC(C)(Cn1cc(N)cn1)NC(=O)OC(C)(C)C.CC1CCC(C(=O)NN)CN1c1cnn(CC(C)(C)C)c1.COC(=O)C1CCC(C)N(c2cnn(CC(C)(C)C)c2)C1. The predicted octanol–water partition coefficient (Wildman–Crippen LogP) is 8.36.